The average molecular weight is 527 g/mol. The van der Waals surface area contributed by atoms with E-state index in [0.29, 0.717) is 6.42 Å². The molecule has 0 aliphatic carbocycles. The first-order chi connectivity index (χ1) is 17.2. The van der Waals surface area contributed by atoms with E-state index in [-0.39, 0.29) is 21.6 Å². The molecule has 0 unspecified atom stereocenters. The van der Waals surface area contributed by atoms with E-state index in [2.05, 4.69) is 19.2 Å². The summed E-state index contributed by atoms with van der Waals surface area (Å²) in [5.74, 6) is 0.321. The number of halogens is 1. The third-order valence-corrected chi connectivity index (χ3v) is 8.93. The summed E-state index contributed by atoms with van der Waals surface area (Å²) < 4.78 is 34.8. The zero-order valence-electron chi connectivity index (χ0n) is 20.7. The first kappa shape index (κ1) is 26.0. The van der Waals surface area contributed by atoms with Gasteiger partial charge in [-0.25, -0.2) is 8.42 Å². The number of rotatable bonds is 8. The van der Waals surface area contributed by atoms with Crippen molar-refractivity contribution < 1.29 is 17.9 Å². The Morgan fingerprint density at radius 3 is 2.33 bits per heavy atom. The Morgan fingerprint density at radius 2 is 1.67 bits per heavy atom. The lowest BCUT2D eigenvalue weighted by Gasteiger charge is -2.41. The maximum Gasteiger partial charge on any atom is 0.264 e. The minimum absolute atomic E-state index is 0.0909. The second kappa shape index (κ2) is 10.5. The van der Waals surface area contributed by atoms with Gasteiger partial charge in [-0.1, -0.05) is 73.5 Å². The van der Waals surface area contributed by atoms with Crippen LogP contribution in [0.5, 0.6) is 5.75 Å². The number of aryl methyl sites for hydroxylation is 1. The number of nitrogens with one attached hydrogen (secondary N) is 1. The van der Waals surface area contributed by atoms with E-state index in [9.17, 15) is 13.2 Å². The molecule has 8 heteroatoms. The minimum atomic E-state index is -4.06. The van der Waals surface area contributed by atoms with E-state index >= 15 is 0 Å². The molecule has 0 saturated carbocycles. The van der Waals surface area contributed by atoms with Crippen molar-refractivity contribution >= 4 is 33.2 Å². The summed E-state index contributed by atoms with van der Waals surface area (Å²) in [6, 6.07) is 20.5. The summed E-state index contributed by atoms with van der Waals surface area (Å²) in [5, 5.41) is 3.33. The highest BCUT2D eigenvalue weighted by atomic mass is 35.5. The molecule has 3 aromatic carbocycles. The number of fused-ring (bicyclic) bond motifs is 1. The Kier molecular flexibility index (Phi) is 7.62. The fraction of sp³-hybridized carbons (Fsp3) is 0.321. The molecule has 0 fully saturated rings. The highest BCUT2D eigenvalue weighted by molar-refractivity contribution is 7.92. The molecule has 1 aliphatic rings. The molecule has 4 rings (SSSR count). The van der Waals surface area contributed by atoms with E-state index in [1.54, 1.807) is 36.4 Å². The SMILES string of the molecule is CCC1(CC)C[C@@H](NC(=O)CN(c2ccccc2Cl)S(=O)(=O)c2ccc(C)cc2)c2ccccc2O1. The van der Waals surface area contributed by atoms with Crippen LogP contribution in [-0.2, 0) is 14.8 Å². The molecule has 0 aromatic heterocycles. The van der Waals surface area contributed by atoms with Crippen molar-refractivity contribution in [3.05, 3.63) is 88.9 Å². The lowest BCUT2D eigenvalue weighted by molar-refractivity contribution is -0.121. The number of sulfonamides is 1. The summed E-state index contributed by atoms with van der Waals surface area (Å²) in [5.41, 5.74) is 1.67. The van der Waals surface area contributed by atoms with Crippen LogP contribution in [0, 0.1) is 6.92 Å². The van der Waals surface area contributed by atoms with Gasteiger partial charge in [-0.15, -0.1) is 0 Å². The number of amides is 1. The molecule has 0 radical (unpaired) electrons. The third kappa shape index (κ3) is 5.22. The molecular weight excluding hydrogens is 496 g/mol. The normalized spacial score (nSPS) is 16.5. The molecule has 190 valence electrons. The van der Waals surface area contributed by atoms with Gasteiger partial charge in [0.05, 0.1) is 21.6 Å². The van der Waals surface area contributed by atoms with Gasteiger partial charge in [-0.05, 0) is 50.1 Å². The van der Waals surface area contributed by atoms with Crippen LogP contribution in [0.25, 0.3) is 0 Å². The van der Waals surface area contributed by atoms with Crippen LogP contribution in [0.4, 0.5) is 5.69 Å². The van der Waals surface area contributed by atoms with Crippen LogP contribution in [0.3, 0.4) is 0 Å². The summed E-state index contributed by atoms with van der Waals surface area (Å²) >= 11 is 6.40. The second-order valence-electron chi connectivity index (χ2n) is 9.13. The van der Waals surface area contributed by atoms with Crippen molar-refractivity contribution in [3.63, 3.8) is 0 Å². The fourth-order valence-corrected chi connectivity index (χ4v) is 6.32. The lowest BCUT2D eigenvalue weighted by Crippen LogP contribution is -2.47. The number of hydrogen-bond acceptors (Lipinski definition) is 4. The first-order valence-electron chi connectivity index (χ1n) is 12.1. The molecule has 0 spiro atoms. The van der Waals surface area contributed by atoms with Crippen LogP contribution < -0.4 is 14.4 Å². The highest BCUT2D eigenvalue weighted by Crippen LogP contribution is 2.42. The highest BCUT2D eigenvalue weighted by Gasteiger charge is 2.39. The van der Waals surface area contributed by atoms with E-state index < -0.39 is 28.1 Å². The van der Waals surface area contributed by atoms with Crippen LogP contribution in [0.15, 0.2) is 77.7 Å². The Morgan fingerprint density at radius 1 is 1.03 bits per heavy atom. The molecule has 36 heavy (non-hydrogen) atoms. The van der Waals surface area contributed by atoms with Gasteiger partial charge in [-0.2, -0.15) is 0 Å². The van der Waals surface area contributed by atoms with Crippen molar-refractivity contribution in [1.29, 1.82) is 0 Å². The lowest BCUT2D eigenvalue weighted by atomic mass is 9.83. The summed E-state index contributed by atoms with van der Waals surface area (Å²) in [4.78, 5) is 13.5. The van der Waals surface area contributed by atoms with Gasteiger partial charge in [0.1, 0.15) is 17.9 Å². The van der Waals surface area contributed by atoms with Gasteiger partial charge in [0.25, 0.3) is 10.0 Å². The molecule has 1 N–H and O–H groups in total. The molecule has 0 bridgehead atoms. The van der Waals surface area contributed by atoms with Gasteiger partial charge in [0, 0.05) is 12.0 Å². The van der Waals surface area contributed by atoms with Gasteiger partial charge >= 0.3 is 0 Å². The predicted molar refractivity (Wildman–Crippen MR) is 143 cm³/mol. The standard InChI is InChI=1S/C28H31ClN2O4S/c1-4-28(5-2)18-24(22-10-6-9-13-26(22)35-28)30-27(32)19-31(25-12-8-7-11-23(25)29)36(33,34)21-16-14-20(3)15-17-21/h6-17,24H,4-5,18-19H2,1-3H3,(H,30,32)/t24-/m1/s1. The maximum absolute atomic E-state index is 13.7. The Balaban J connectivity index is 1.66. The minimum Gasteiger partial charge on any atom is -0.487 e. The molecule has 3 aromatic rings. The second-order valence-corrected chi connectivity index (χ2v) is 11.4. The van der Waals surface area contributed by atoms with E-state index in [0.717, 1.165) is 34.0 Å². The average Bonchev–Trinajstić information content (AvgIpc) is 2.88. The monoisotopic (exact) mass is 526 g/mol. The van der Waals surface area contributed by atoms with E-state index in [1.807, 2.05) is 31.2 Å². The van der Waals surface area contributed by atoms with Gasteiger partial charge in [-0.3, -0.25) is 9.10 Å². The number of para-hydroxylation sites is 2. The van der Waals surface area contributed by atoms with Crippen molar-refractivity contribution in [2.24, 2.45) is 0 Å². The number of anilines is 1. The van der Waals surface area contributed by atoms with E-state index in [1.165, 1.54) is 12.1 Å². The maximum atomic E-state index is 13.7. The molecule has 6 nitrogen and oxygen atoms in total. The largest absolute Gasteiger partial charge is 0.487 e. The number of hydrogen-bond donors (Lipinski definition) is 1. The number of carbonyl (C=O) groups is 1. The Hall–Kier alpha value is -3.03. The van der Waals surface area contributed by atoms with Crippen LogP contribution >= 0.6 is 11.6 Å². The van der Waals surface area contributed by atoms with Crippen LogP contribution in [0.2, 0.25) is 5.02 Å². The zero-order chi connectivity index (χ0) is 25.9. The van der Waals surface area contributed by atoms with Crippen LogP contribution in [0.1, 0.15) is 50.3 Å². The van der Waals surface area contributed by atoms with Crippen molar-refractivity contribution in [3.8, 4) is 5.75 Å². The molecule has 0 saturated heterocycles. The number of nitrogens with zero attached hydrogens (tertiary/aromatic N) is 1. The molecule has 1 heterocycles. The number of carbonyl (C=O) groups excluding carboxylic acids is 1. The third-order valence-electron chi connectivity index (χ3n) is 6.84. The van der Waals surface area contributed by atoms with E-state index in [4.69, 9.17) is 16.3 Å². The Labute approximate surface area is 218 Å². The smallest absolute Gasteiger partial charge is 0.264 e. The molecule has 1 atom stereocenters. The quantitative estimate of drug-likeness (QED) is 0.388. The van der Waals surface area contributed by atoms with Crippen molar-refractivity contribution in [1.82, 2.24) is 5.32 Å². The van der Waals surface area contributed by atoms with Crippen molar-refractivity contribution in [2.75, 3.05) is 10.8 Å². The summed E-state index contributed by atoms with van der Waals surface area (Å²) in [6.07, 6.45) is 2.18. The zero-order valence-corrected chi connectivity index (χ0v) is 22.3. The topological polar surface area (TPSA) is 75.7 Å². The Bertz CT molecular complexity index is 1340. The fourth-order valence-electron chi connectivity index (χ4n) is 4.59. The first-order valence-corrected chi connectivity index (χ1v) is 13.9. The van der Waals surface area contributed by atoms with Gasteiger partial charge in [0.2, 0.25) is 5.91 Å². The molecule has 1 aliphatic heterocycles. The predicted octanol–water partition coefficient (Wildman–Crippen LogP) is 6.04. The van der Waals surface area contributed by atoms with Gasteiger partial charge < -0.3 is 10.1 Å². The van der Waals surface area contributed by atoms with Crippen LogP contribution in [-0.4, -0.2) is 26.5 Å². The number of ether oxygens (including phenoxy) is 1. The summed E-state index contributed by atoms with van der Waals surface area (Å²) in [6.45, 7) is 5.62. The number of benzene rings is 3. The molecule has 1 amide bonds. The van der Waals surface area contributed by atoms with Gasteiger partial charge in [0.15, 0.2) is 0 Å². The molecular formula is C28H31ClN2O4S. The van der Waals surface area contributed by atoms with Crippen molar-refractivity contribution in [2.45, 2.75) is 56.6 Å². The summed E-state index contributed by atoms with van der Waals surface area (Å²) in [7, 11) is -4.06.